The van der Waals surface area contributed by atoms with Crippen molar-refractivity contribution in [3.63, 3.8) is 0 Å². The second-order valence-electron chi connectivity index (χ2n) is 5.03. The Hall–Kier alpha value is -1.90. The lowest BCUT2D eigenvalue weighted by Gasteiger charge is -2.14. The predicted molar refractivity (Wildman–Crippen MR) is 84.0 cm³/mol. The third-order valence-corrected chi connectivity index (χ3v) is 3.82. The van der Waals surface area contributed by atoms with Gasteiger partial charge in [0, 0.05) is 16.8 Å². The largest absolute Gasteiger partial charge is 0.388 e. The van der Waals surface area contributed by atoms with Crippen LogP contribution in [0.5, 0.6) is 0 Å². The molecule has 3 heteroatoms. The number of halogens is 2. The predicted octanol–water partition coefficient (Wildman–Crippen LogP) is 4.91. The average Bonchev–Trinajstić information content (AvgIpc) is 2.48. The van der Waals surface area contributed by atoms with Crippen molar-refractivity contribution >= 4 is 22.4 Å². The highest BCUT2D eigenvalue weighted by Crippen LogP contribution is 2.28. The molecule has 106 valence electrons. The summed E-state index contributed by atoms with van der Waals surface area (Å²) in [7, 11) is 0. The first-order chi connectivity index (χ1) is 10.1. The Bertz CT molecular complexity index is 785. The summed E-state index contributed by atoms with van der Waals surface area (Å²) in [6.45, 7) is 0. The van der Waals surface area contributed by atoms with Crippen LogP contribution in [-0.4, -0.2) is 5.11 Å². The molecule has 0 saturated heterocycles. The molecule has 3 aromatic rings. The minimum Gasteiger partial charge on any atom is -0.388 e. The van der Waals surface area contributed by atoms with Gasteiger partial charge in [0.1, 0.15) is 5.82 Å². The van der Waals surface area contributed by atoms with Gasteiger partial charge in [-0.15, -0.1) is 0 Å². The lowest BCUT2D eigenvalue weighted by molar-refractivity contribution is 0.180. The quantitative estimate of drug-likeness (QED) is 0.729. The first kappa shape index (κ1) is 14.1. The van der Waals surface area contributed by atoms with Crippen molar-refractivity contribution in [2.75, 3.05) is 0 Å². The average molecular weight is 301 g/mol. The van der Waals surface area contributed by atoms with E-state index in [0.29, 0.717) is 16.8 Å². The van der Waals surface area contributed by atoms with Crippen molar-refractivity contribution in [1.29, 1.82) is 0 Å². The fraction of sp³-hybridized carbons (Fsp3) is 0.111. The van der Waals surface area contributed by atoms with E-state index in [2.05, 4.69) is 0 Å². The second-order valence-corrected chi connectivity index (χ2v) is 5.47. The Kier molecular flexibility index (Phi) is 3.91. The molecule has 0 aliphatic heterocycles. The fourth-order valence-corrected chi connectivity index (χ4v) is 2.79. The van der Waals surface area contributed by atoms with Gasteiger partial charge >= 0.3 is 0 Å². The fourth-order valence-electron chi connectivity index (χ4n) is 2.57. The molecule has 0 aliphatic carbocycles. The van der Waals surface area contributed by atoms with Crippen LogP contribution in [0.15, 0.2) is 60.7 Å². The summed E-state index contributed by atoms with van der Waals surface area (Å²) in [6.07, 6.45) is -0.259. The van der Waals surface area contributed by atoms with Crippen molar-refractivity contribution in [2.24, 2.45) is 0 Å². The summed E-state index contributed by atoms with van der Waals surface area (Å²) < 4.78 is 13.8. The third-order valence-electron chi connectivity index (χ3n) is 3.58. The SMILES string of the molecule is OC(Cc1cccc(Cl)c1)c1ccc(F)c2ccccc12. The van der Waals surface area contributed by atoms with Gasteiger partial charge in [0.15, 0.2) is 0 Å². The molecule has 0 aliphatic rings. The van der Waals surface area contributed by atoms with Gasteiger partial charge in [0.2, 0.25) is 0 Å². The van der Waals surface area contributed by atoms with Gasteiger partial charge in [-0.25, -0.2) is 4.39 Å². The summed E-state index contributed by atoms with van der Waals surface area (Å²) >= 11 is 5.96. The van der Waals surface area contributed by atoms with Crippen LogP contribution in [0.1, 0.15) is 17.2 Å². The van der Waals surface area contributed by atoms with Gasteiger partial charge in [-0.1, -0.05) is 54.1 Å². The molecule has 0 fully saturated rings. The van der Waals surface area contributed by atoms with Crippen LogP contribution in [0, 0.1) is 5.82 Å². The minimum absolute atomic E-state index is 0.274. The highest BCUT2D eigenvalue weighted by atomic mass is 35.5. The molecule has 0 heterocycles. The second kappa shape index (κ2) is 5.84. The topological polar surface area (TPSA) is 20.2 Å². The Morgan fingerprint density at radius 3 is 2.48 bits per heavy atom. The first-order valence-electron chi connectivity index (χ1n) is 6.75. The van der Waals surface area contributed by atoms with Gasteiger partial charge < -0.3 is 5.11 Å². The molecular formula is C18H14ClFO. The van der Waals surface area contributed by atoms with E-state index in [1.54, 1.807) is 24.3 Å². The van der Waals surface area contributed by atoms with Crippen molar-refractivity contribution in [1.82, 2.24) is 0 Å². The molecule has 0 spiro atoms. The van der Waals surface area contributed by atoms with Crippen LogP contribution in [0.25, 0.3) is 10.8 Å². The van der Waals surface area contributed by atoms with Gasteiger partial charge in [0.05, 0.1) is 6.10 Å². The van der Waals surface area contributed by atoms with Crippen LogP contribution in [0.2, 0.25) is 5.02 Å². The maximum Gasteiger partial charge on any atom is 0.131 e. The molecule has 0 bridgehead atoms. The Morgan fingerprint density at radius 2 is 1.71 bits per heavy atom. The van der Waals surface area contributed by atoms with E-state index in [-0.39, 0.29) is 5.82 Å². The zero-order valence-electron chi connectivity index (χ0n) is 11.3. The number of hydrogen-bond donors (Lipinski definition) is 1. The smallest absolute Gasteiger partial charge is 0.131 e. The molecule has 3 aromatic carbocycles. The summed E-state index contributed by atoms with van der Waals surface area (Å²) in [4.78, 5) is 0. The summed E-state index contributed by atoms with van der Waals surface area (Å²) in [5.74, 6) is -0.274. The number of fused-ring (bicyclic) bond motifs is 1. The van der Waals surface area contributed by atoms with E-state index >= 15 is 0 Å². The number of aliphatic hydroxyl groups excluding tert-OH is 1. The molecule has 0 amide bonds. The monoisotopic (exact) mass is 300 g/mol. The zero-order valence-corrected chi connectivity index (χ0v) is 12.0. The van der Waals surface area contributed by atoms with Crippen molar-refractivity contribution in [3.8, 4) is 0 Å². The molecule has 1 nitrogen and oxygen atoms in total. The minimum atomic E-state index is -0.700. The Morgan fingerprint density at radius 1 is 0.952 bits per heavy atom. The molecule has 1 unspecified atom stereocenters. The Labute approximate surface area is 127 Å². The number of benzene rings is 3. The third kappa shape index (κ3) is 2.92. The van der Waals surface area contributed by atoms with E-state index < -0.39 is 6.10 Å². The normalized spacial score (nSPS) is 12.5. The molecule has 0 radical (unpaired) electrons. The van der Waals surface area contributed by atoms with Gasteiger partial charge in [-0.05, 0) is 34.7 Å². The van der Waals surface area contributed by atoms with Gasteiger partial charge in [0.25, 0.3) is 0 Å². The molecule has 21 heavy (non-hydrogen) atoms. The summed E-state index contributed by atoms with van der Waals surface area (Å²) in [6, 6.07) is 17.6. The maximum atomic E-state index is 13.8. The lowest BCUT2D eigenvalue weighted by atomic mass is 9.96. The first-order valence-corrected chi connectivity index (χ1v) is 7.12. The number of aliphatic hydroxyl groups is 1. The van der Waals surface area contributed by atoms with E-state index in [9.17, 15) is 9.50 Å². The summed E-state index contributed by atoms with van der Waals surface area (Å²) in [5, 5.41) is 12.4. The van der Waals surface area contributed by atoms with Crippen LogP contribution in [0.3, 0.4) is 0 Å². The van der Waals surface area contributed by atoms with Crippen LogP contribution >= 0.6 is 11.6 Å². The van der Waals surface area contributed by atoms with Gasteiger partial charge in [-0.3, -0.25) is 0 Å². The molecule has 1 atom stereocenters. The highest BCUT2D eigenvalue weighted by molar-refractivity contribution is 6.30. The van der Waals surface area contributed by atoms with Crippen LogP contribution in [0.4, 0.5) is 4.39 Å². The maximum absolute atomic E-state index is 13.8. The van der Waals surface area contributed by atoms with Crippen LogP contribution < -0.4 is 0 Å². The van der Waals surface area contributed by atoms with E-state index in [1.807, 2.05) is 30.3 Å². The zero-order chi connectivity index (χ0) is 14.8. The molecule has 3 rings (SSSR count). The number of rotatable bonds is 3. The van der Waals surface area contributed by atoms with Crippen molar-refractivity contribution in [2.45, 2.75) is 12.5 Å². The highest BCUT2D eigenvalue weighted by Gasteiger charge is 2.14. The van der Waals surface area contributed by atoms with Crippen molar-refractivity contribution < 1.29 is 9.50 Å². The molecule has 0 saturated carbocycles. The lowest BCUT2D eigenvalue weighted by Crippen LogP contribution is -2.03. The Balaban J connectivity index is 1.98. The molecular weight excluding hydrogens is 287 g/mol. The number of hydrogen-bond acceptors (Lipinski definition) is 1. The van der Waals surface area contributed by atoms with E-state index in [4.69, 9.17) is 11.6 Å². The van der Waals surface area contributed by atoms with Gasteiger partial charge in [-0.2, -0.15) is 0 Å². The summed E-state index contributed by atoms with van der Waals surface area (Å²) in [5.41, 5.74) is 1.68. The molecule has 0 aromatic heterocycles. The van der Waals surface area contributed by atoms with Crippen molar-refractivity contribution in [3.05, 3.63) is 82.6 Å². The molecule has 1 N–H and O–H groups in total. The van der Waals surface area contributed by atoms with Crippen LogP contribution in [-0.2, 0) is 6.42 Å². The standard InChI is InChI=1S/C18H14ClFO/c19-13-5-3-4-12(10-13)11-18(21)16-8-9-17(20)15-7-2-1-6-14(15)16/h1-10,18,21H,11H2. The van der Waals surface area contributed by atoms with E-state index in [1.165, 1.54) is 6.07 Å². The van der Waals surface area contributed by atoms with E-state index in [0.717, 1.165) is 16.5 Å².